The Bertz CT molecular complexity index is 234. The lowest BCUT2D eigenvalue weighted by Crippen LogP contribution is -2.71. The molecule has 0 aromatic carbocycles. The van der Waals surface area contributed by atoms with Gasteiger partial charge in [-0.3, -0.25) is 4.79 Å². The fourth-order valence-electron chi connectivity index (χ4n) is 1.33. The zero-order chi connectivity index (χ0) is 10.9. The molecule has 14 heavy (non-hydrogen) atoms. The molecule has 1 rings (SSSR count). The molecule has 1 aliphatic heterocycles. The first-order valence-corrected chi connectivity index (χ1v) is 4.08. The molecule has 7 heteroatoms. The molecule has 0 aromatic heterocycles. The minimum atomic E-state index is -2.41. The van der Waals surface area contributed by atoms with Gasteiger partial charge < -0.3 is 30.8 Å². The van der Waals surface area contributed by atoms with E-state index in [1.165, 1.54) is 0 Å². The summed E-state index contributed by atoms with van der Waals surface area (Å²) >= 11 is 0. The highest BCUT2D eigenvalue weighted by Gasteiger charge is 2.53. The SMILES string of the molecule is O=C1N[C@@H](CO)[C@@H](O)[C@H](O)[C@@]1(O)CO. The van der Waals surface area contributed by atoms with Crippen molar-refractivity contribution in [1.29, 1.82) is 0 Å². The van der Waals surface area contributed by atoms with Crippen molar-refractivity contribution in [3.63, 3.8) is 0 Å². The lowest BCUT2D eigenvalue weighted by atomic mass is 9.85. The zero-order valence-corrected chi connectivity index (χ0v) is 7.29. The quantitative estimate of drug-likeness (QED) is 0.273. The van der Waals surface area contributed by atoms with Gasteiger partial charge in [0.1, 0.15) is 12.2 Å². The van der Waals surface area contributed by atoms with Crippen LogP contribution in [0.15, 0.2) is 0 Å². The van der Waals surface area contributed by atoms with Gasteiger partial charge in [0, 0.05) is 0 Å². The van der Waals surface area contributed by atoms with Crippen LogP contribution in [0.5, 0.6) is 0 Å². The molecule has 1 fully saturated rings. The first kappa shape index (κ1) is 11.3. The van der Waals surface area contributed by atoms with Crippen LogP contribution in [0.25, 0.3) is 0 Å². The zero-order valence-electron chi connectivity index (χ0n) is 7.29. The van der Waals surface area contributed by atoms with Gasteiger partial charge in [0.15, 0.2) is 5.60 Å². The molecule has 0 unspecified atom stereocenters. The number of piperidine rings is 1. The maximum atomic E-state index is 11.2. The van der Waals surface area contributed by atoms with Crippen LogP contribution in [0.4, 0.5) is 0 Å². The van der Waals surface area contributed by atoms with Gasteiger partial charge in [-0.15, -0.1) is 0 Å². The molecule has 6 N–H and O–H groups in total. The molecular weight excluding hydrogens is 194 g/mol. The molecule has 1 amide bonds. The number of carbonyl (C=O) groups is 1. The van der Waals surface area contributed by atoms with Crippen LogP contribution in [0.1, 0.15) is 0 Å². The van der Waals surface area contributed by atoms with E-state index < -0.39 is 43.0 Å². The van der Waals surface area contributed by atoms with Crippen LogP contribution in [0.3, 0.4) is 0 Å². The Morgan fingerprint density at radius 2 is 1.93 bits per heavy atom. The summed E-state index contributed by atoms with van der Waals surface area (Å²) in [7, 11) is 0. The van der Waals surface area contributed by atoms with Crippen molar-refractivity contribution in [2.24, 2.45) is 0 Å². The highest BCUT2D eigenvalue weighted by molar-refractivity contribution is 5.87. The van der Waals surface area contributed by atoms with Crippen LogP contribution in [-0.2, 0) is 4.79 Å². The van der Waals surface area contributed by atoms with E-state index in [2.05, 4.69) is 5.32 Å². The molecule has 0 spiro atoms. The summed E-state index contributed by atoms with van der Waals surface area (Å²) < 4.78 is 0. The number of aliphatic hydroxyl groups is 5. The van der Waals surface area contributed by atoms with E-state index in [0.29, 0.717) is 0 Å². The Hall–Kier alpha value is -0.730. The highest BCUT2D eigenvalue weighted by Crippen LogP contribution is 2.21. The van der Waals surface area contributed by atoms with Crippen LogP contribution in [-0.4, -0.2) is 68.5 Å². The van der Waals surface area contributed by atoms with Crippen LogP contribution < -0.4 is 5.32 Å². The summed E-state index contributed by atoms with van der Waals surface area (Å²) in [5, 5.41) is 47.6. The predicted molar refractivity (Wildman–Crippen MR) is 43.1 cm³/mol. The number of rotatable bonds is 2. The van der Waals surface area contributed by atoms with Crippen LogP contribution in [0, 0.1) is 0 Å². The molecule has 7 nitrogen and oxygen atoms in total. The van der Waals surface area contributed by atoms with Crippen molar-refractivity contribution >= 4 is 5.91 Å². The highest BCUT2D eigenvalue weighted by atomic mass is 16.4. The third kappa shape index (κ3) is 1.49. The van der Waals surface area contributed by atoms with Gasteiger partial charge >= 0.3 is 0 Å². The van der Waals surface area contributed by atoms with E-state index in [1.807, 2.05) is 0 Å². The van der Waals surface area contributed by atoms with E-state index >= 15 is 0 Å². The minimum Gasteiger partial charge on any atom is -0.394 e. The minimum absolute atomic E-state index is 0.564. The van der Waals surface area contributed by atoms with Gasteiger partial charge in [-0.1, -0.05) is 0 Å². The van der Waals surface area contributed by atoms with Crippen molar-refractivity contribution in [3.05, 3.63) is 0 Å². The monoisotopic (exact) mass is 207 g/mol. The Balaban J connectivity index is 2.90. The van der Waals surface area contributed by atoms with Gasteiger partial charge in [0.25, 0.3) is 5.91 Å². The molecule has 1 aliphatic rings. The maximum Gasteiger partial charge on any atom is 0.257 e. The number of aliphatic hydroxyl groups excluding tert-OH is 4. The lowest BCUT2D eigenvalue weighted by molar-refractivity contribution is -0.191. The Labute approximate surface area is 79.6 Å². The first-order valence-electron chi connectivity index (χ1n) is 4.08. The van der Waals surface area contributed by atoms with Crippen LogP contribution >= 0.6 is 0 Å². The van der Waals surface area contributed by atoms with E-state index in [4.69, 9.17) is 10.2 Å². The molecule has 0 radical (unpaired) electrons. The molecule has 1 saturated heterocycles. The molecule has 4 atom stereocenters. The average Bonchev–Trinajstić information content (AvgIpc) is 2.20. The third-order valence-corrected chi connectivity index (χ3v) is 2.37. The third-order valence-electron chi connectivity index (χ3n) is 2.37. The largest absolute Gasteiger partial charge is 0.394 e. The molecular formula is C7H13NO6. The van der Waals surface area contributed by atoms with Crippen LogP contribution in [0.2, 0.25) is 0 Å². The second kappa shape index (κ2) is 3.79. The van der Waals surface area contributed by atoms with E-state index in [0.717, 1.165) is 0 Å². The summed E-state index contributed by atoms with van der Waals surface area (Å²) in [6, 6.07) is -1.04. The van der Waals surface area contributed by atoms with Gasteiger partial charge in [-0.25, -0.2) is 0 Å². The van der Waals surface area contributed by atoms with E-state index in [9.17, 15) is 20.1 Å². The number of amides is 1. The standard InChI is InChI=1S/C7H13NO6/c9-1-3-4(11)5(12)7(14,2-10)6(13)8-3/h3-5,9-12,14H,1-2H2,(H,8,13)/t3-,4+,5-,7-/m0/s1. The maximum absolute atomic E-state index is 11.2. The predicted octanol–water partition coefficient (Wildman–Crippen LogP) is -4.08. The molecule has 0 aromatic rings. The number of nitrogens with one attached hydrogen (secondary N) is 1. The van der Waals surface area contributed by atoms with Crippen molar-refractivity contribution in [3.8, 4) is 0 Å². The van der Waals surface area contributed by atoms with Crippen molar-refractivity contribution in [2.45, 2.75) is 23.9 Å². The Morgan fingerprint density at radius 3 is 2.36 bits per heavy atom. The molecule has 0 saturated carbocycles. The van der Waals surface area contributed by atoms with Crippen molar-refractivity contribution < 1.29 is 30.3 Å². The first-order chi connectivity index (χ1) is 6.47. The van der Waals surface area contributed by atoms with Gasteiger partial charge in [0.2, 0.25) is 0 Å². The number of hydrogen-bond acceptors (Lipinski definition) is 6. The summed E-state index contributed by atoms with van der Waals surface area (Å²) in [4.78, 5) is 11.2. The number of hydrogen-bond donors (Lipinski definition) is 6. The fourth-order valence-corrected chi connectivity index (χ4v) is 1.33. The second-order valence-corrected chi connectivity index (χ2v) is 3.28. The second-order valence-electron chi connectivity index (χ2n) is 3.28. The van der Waals surface area contributed by atoms with E-state index in [-0.39, 0.29) is 0 Å². The molecule has 0 aliphatic carbocycles. The Kier molecular flexibility index (Phi) is 3.07. The topological polar surface area (TPSA) is 130 Å². The normalized spacial score (nSPS) is 43.5. The summed E-state index contributed by atoms with van der Waals surface area (Å²) in [5.41, 5.74) is -2.41. The fraction of sp³-hybridized carbons (Fsp3) is 0.857. The summed E-state index contributed by atoms with van der Waals surface area (Å²) in [5.74, 6) is -1.02. The summed E-state index contributed by atoms with van der Waals surface area (Å²) in [6.45, 7) is -1.57. The number of carbonyl (C=O) groups excluding carboxylic acids is 1. The molecule has 82 valence electrons. The Morgan fingerprint density at radius 1 is 1.36 bits per heavy atom. The average molecular weight is 207 g/mol. The molecule has 1 heterocycles. The summed E-state index contributed by atoms with van der Waals surface area (Å²) in [6.07, 6.45) is -3.34. The van der Waals surface area contributed by atoms with Gasteiger partial charge in [0.05, 0.1) is 19.3 Å². The van der Waals surface area contributed by atoms with E-state index in [1.54, 1.807) is 0 Å². The van der Waals surface area contributed by atoms with Crippen molar-refractivity contribution in [1.82, 2.24) is 5.32 Å². The lowest BCUT2D eigenvalue weighted by Gasteiger charge is -2.41. The van der Waals surface area contributed by atoms with Gasteiger partial charge in [-0.2, -0.15) is 0 Å². The van der Waals surface area contributed by atoms with Crippen molar-refractivity contribution in [2.75, 3.05) is 13.2 Å². The van der Waals surface area contributed by atoms with Gasteiger partial charge in [-0.05, 0) is 0 Å². The molecule has 0 bridgehead atoms. The smallest absolute Gasteiger partial charge is 0.257 e.